The Morgan fingerprint density at radius 2 is 2.00 bits per heavy atom. The van der Waals surface area contributed by atoms with Crippen molar-refractivity contribution in [2.45, 2.75) is 71.1 Å². The largest absolute Gasteiger partial charge is 0.459 e. The number of ether oxygens (including phenoxy) is 1. The smallest absolute Gasteiger partial charge is 0.323 e. The average molecular weight is 239 g/mol. The lowest BCUT2D eigenvalue weighted by atomic mass is 9.95. The van der Waals surface area contributed by atoms with Crippen LogP contribution in [0.1, 0.15) is 53.4 Å². The normalized spacial score (nSPS) is 33.8. The summed E-state index contributed by atoms with van der Waals surface area (Å²) in [5.74, 6) is 1.58. The molecule has 0 saturated heterocycles. The highest BCUT2D eigenvalue weighted by atomic mass is 16.6. The second kappa shape index (κ2) is 4.60. The Morgan fingerprint density at radius 3 is 2.47 bits per heavy atom. The minimum absolute atomic E-state index is 0.125. The predicted molar refractivity (Wildman–Crippen MR) is 67.7 cm³/mol. The van der Waals surface area contributed by atoms with Gasteiger partial charge < -0.3 is 10.1 Å². The second-order valence-corrected chi connectivity index (χ2v) is 6.70. The highest BCUT2D eigenvalue weighted by Gasteiger charge is 2.40. The van der Waals surface area contributed by atoms with Crippen LogP contribution in [0.15, 0.2) is 0 Å². The number of fused-ring (bicyclic) bond motifs is 2. The summed E-state index contributed by atoms with van der Waals surface area (Å²) in [6, 6.07) is 0.356. The number of rotatable bonds is 3. The number of hydrogen-bond acceptors (Lipinski definition) is 3. The van der Waals surface area contributed by atoms with Gasteiger partial charge in [-0.1, -0.05) is 6.42 Å². The third-order valence-electron chi connectivity index (χ3n) is 3.96. The second-order valence-electron chi connectivity index (χ2n) is 6.70. The van der Waals surface area contributed by atoms with Gasteiger partial charge in [-0.2, -0.15) is 0 Å². The molecule has 0 aromatic carbocycles. The summed E-state index contributed by atoms with van der Waals surface area (Å²) in [5, 5.41) is 3.46. The van der Waals surface area contributed by atoms with Crippen LogP contribution in [0.2, 0.25) is 0 Å². The van der Waals surface area contributed by atoms with Gasteiger partial charge in [0.25, 0.3) is 0 Å². The molecule has 98 valence electrons. The van der Waals surface area contributed by atoms with E-state index in [0.717, 1.165) is 11.8 Å². The molecule has 1 N–H and O–H groups in total. The van der Waals surface area contributed by atoms with Crippen molar-refractivity contribution >= 4 is 5.97 Å². The van der Waals surface area contributed by atoms with Gasteiger partial charge in [-0.25, -0.2) is 0 Å². The quantitative estimate of drug-likeness (QED) is 0.769. The van der Waals surface area contributed by atoms with Gasteiger partial charge in [0.1, 0.15) is 11.6 Å². The Bertz CT molecular complexity index is 295. The first kappa shape index (κ1) is 12.9. The van der Waals surface area contributed by atoms with Gasteiger partial charge in [0.2, 0.25) is 0 Å². The van der Waals surface area contributed by atoms with Gasteiger partial charge in [-0.15, -0.1) is 0 Å². The third-order valence-corrected chi connectivity index (χ3v) is 3.96. The molecule has 3 heteroatoms. The zero-order valence-corrected chi connectivity index (χ0v) is 11.5. The molecule has 4 atom stereocenters. The first-order chi connectivity index (χ1) is 7.85. The zero-order chi connectivity index (χ0) is 12.6. The fourth-order valence-electron chi connectivity index (χ4n) is 3.23. The van der Waals surface area contributed by atoms with E-state index in [-0.39, 0.29) is 17.6 Å². The van der Waals surface area contributed by atoms with E-state index in [4.69, 9.17) is 4.74 Å². The summed E-state index contributed by atoms with van der Waals surface area (Å²) in [5.41, 5.74) is -0.387. The third kappa shape index (κ3) is 3.21. The Kier molecular flexibility index (Phi) is 3.48. The summed E-state index contributed by atoms with van der Waals surface area (Å²) in [6.45, 7) is 7.65. The van der Waals surface area contributed by atoms with Crippen LogP contribution in [0.3, 0.4) is 0 Å². The average Bonchev–Trinajstić information content (AvgIpc) is 2.76. The Balaban J connectivity index is 1.81. The lowest BCUT2D eigenvalue weighted by Crippen LogP contribution is -2.46. The number of carbonyl (C=O) groups is 1. The molecule has 0 aromatic rings. The van der Waals surface area contributed by atoms with E-state index in [2.05, 4.69) is 5.32 Å². The van der Waals surface area contributed by atoms with Crippen LogP contribution in [-0.2, 0) is 9.53 Å². The summed E-state index contributed by atoms with van der Waals surface area (Å²) >= 11 is 0. The summed E-state index contributed by atoms with van der Waals surface area (Å²) in [6.07, 6.45) is 5.34. The molecule has 0 radical (unpaired) electrons. The molecule has 2 fully saturated rings. The van der Waals surface area contributed by atoms with Gasteiger partial charge in [-0.3, -0.25) is 4.79 Å². The molecule has 0 heterocycles. The van der Waals surface area contributed by atoms with E-state index in [0.29, 0.717) is 6.04 Å². The van der Waals surface area contributed by atoms with E-state index >= 15 is 0 Å². The number of esters is 1. The molecular formula is C14H25NO2. The molecule has 0 aliphatic heterocycles. The monoisotopic (exact) mass is 239 g/mol. The molecule has 4 unspecified atom stereocenters. The molecule has 17 heavy (non-hydrogen) atoms. The van der Waals surface area contributed by atoms with Crippen molar-refractivity contribution in [1.29, 1.82) is 0 Å². The van der Waals surface area contributed by atoms with Gasteiger partial charge in [0, 0.05) is 6.04 Å². The molecule has 2 rings (SSSR count). The predicted octanol–water partition coefficient (Wildman–Crippen LogP) is 2.49. The molecule has 2 saturated carbocycles. The van der Waals surface area contributed by atoms with Crippen molar-refractivity contribution in [3.63, 3.8) is 0 Å². The topological polar surface area (TPSA) is 38.3 Å². The van der Waals surface area contributed by atoms with Crippen LogP contribution in [0.5, 0.6) is 0 Å². The van der Waals surface area contributed by atoms with Crippen molar-refractivity contribution in [2.24, 2.45) is 11.8 Å². The minimum atomic E-state index is -0.387. The Labute approximate surface area is 104 Å². The standard InChI is InChI=1S/C14H25NO2/c1-9(13(16)17-14(2,3)4)15-12-8-10-5-6-11(12)7-10/h9-12,15H,5-8H2,1-4H3. The first-order valence-corrected chi connectivity index (χ1v) is 6.84. The van der Waals surface area contributed by atoms with Gasteiger partial charge >= 0.3 is 5.97 Å². The fourth-order valence-corrected chi connectivity index (χ4v) is 3.23. The molecule has 0 amide bonds. The van der Waals surface area contributed by atoms with Crippen LogP contribution in [0.4, 0.5) is 0 Å². The summed E-state index contributed by atoms with van der Waals surface area (Å²) < 4.78 is 5.39. The Hall–Kier alpha value is -0.570. The van der Waals surface area contributed by atoms with E-state index in [1.807, 2.05) is 27.7 Å². The molecule has 0 aromatic heterocycles. The van der Waals surface area contributed by atoms with Gasteiger partial charge in [-0.05, 0) is 58.8 Å². The molecular weight excluding hydrogens is 214 g/mol. The van der Waals surface area contributed by atoms with Gasteiger partial charge in [0.15, 0.2) is 0 Å². The van der Waals surface area contributed by atoms with E-state index in [1.165, 1.54) is 25.7 Å². The van der Waals surface area contributed by atoms with E-state index < -0.39 is 0 Å². The van der Waals surface area contributed by atoms with Crippen molar-refractivity contribution in [3.05, 3.63) is 0 Å². The summed E-state index contributed by atoms with van der Waals surface area (Å²) in [4.78, 5) is 11.9. The number of nitrogens with one attached hydrogen (secondary N) is 1. The van der Waals surface area contributed by atoms with Gasteiger partial charge in [0.05, 0.1) is 0 Å². The maximum absolute atomic E-state index is 11.9. The molecule has 2 aliphatic carbocycles. The Morgan fingerprint density at radius 1 is 1.29 bits per heavy atom. The van der Waals surface area contributed by atoms with Crippen molar-refractivity contribution in [1.82, 2.24) is 5.32 Å². The minimum Gasteiger partial charge on any atom is -0.459 e. The highest BCUT2D eigenvalue weighted by Crippen LogP contribution is 2.44. The molecule has 2 aliphatic rings. The lowest BCUT2D eigenvalue weighted by Gasteiger charge is -2.28. The molecule has 3 nitrogen and oxygen atoms in total. The lowest BCUT2D eigenvalue weighted by molar-refractivity contribution is -0.157. The van der Waals surface area contributed by atoms with Crippen LogP contribution < -0.4 is 5.32 Å². The number of hydrogen-bond donors (Lipinski definition) is 1. The SMILES string of the molecule is CC(NC1CC2CCC1C2)C(=O)OC(C)(C)C. The van der Waals surface area contributed by atoms with Crippen LogP contribution in [-0.4, -0.2) is 23.7 Å². The molecule has 0 spiro atoms. The molecule has 2 bridgehead atoms. The van der Waals surface area contributed by atoms with Crippen LogP contribution in [0, 0.1) is 11.8 Å². The zero-order valence-electron chi connectivity index (χ0n) is 11.5. The van der Waals surface area contributed by atoms with E-state index in [9.17, 15) is 4.79 Å². The van der Waals surface area contributed by atoms with E-state index in [1.54, 1.807) is 0 Å². The fraction of sp³-hybridized carbons (Fsp3) is 0.929. The number of carbonyl (C=O) groups excluding carboxylic acids is 1. The van der Waals surface area contributed by atoms with Crippen molar-refractivity contribution in [3.8, 4) is 0 Å². The summed E-state index contributed by atoms with van der Waals surface area (Å²) in [7, 11) is 0. The van der Waals surface area contributed by atoms with Crippen molar-refractivity contribution in [2.75, 3.05) is 0 Å². The maximum Gasteiger partial charge on any atom is 0.323 e. The van der Waals surface area contributed by atoms with Crippen LogP contribution in [0.25, 0.3) is 0 Å². The first-order valence-electron chi connectivity index (χ1n) is 6.84. The highest BCUT2D eigenvalue weighted by molar-refractivity contribution is 5.75. The van der Waals surface area contributed by atoms with Crippen molar-refractivity contribution < 1.29 is 9.53 Å². The maximum atomic E-state index is 11.9. The van der Waals surface area contributed by atoms with Crippen LogP contribution >= 0.6 is 0 Å².